The molecule has 1 aromatic rings. The van der Waals surface area contributed by atoms with Crippen LogP contribution >= 0.6 is 0 Å². The summed E-state index contributed by atoms with van der Waals surface area (Å²) in [6.45, 7) is 8.31. The van der Waals surface area contributed by atoms with Gasteiger partial charge < -0.3 is 5.32 Å². The minimum atomic E-state index is 0.565. The van der Waals surface area contributed by atoms with Crippen LogP contribution in [0.25, 0.3) is 0 Å². The lowest BCUT2D eigenvalue weighted by Crippen LogP contribution is -2.52. The van der Waals surface area contributed by atoms with Gasteiger partial charge in [0.15, 0.2) is 0 Å². The van der Waals surface area contributed by atoms with Crippen molar-refractivity contribution in [3.63, 3.8) is 0 Å². The van der Waals surface area contributed by atoms with Crippen molar-refractivity contribution in [2.45, 2.75) is 45.2 Å². The number of nitrogens with one attached hydrogen (secondary N) is 1. The molecule has 1 N–H and O–H groups in total. The van der Waals surface area contributed by atoms with Gasteiger partial charge >= 0.3 is 0 Å². The summed E-state index contributed by atoms with van der Waals surface area (Å²) in [4.78, 5) is 2.79. The molecule has 1 aliphatic carbocycles. The summed E-state index contributed by atoms with van der Waals surface area (Å²) in [5, 5.41) is 3.58. The van der Waals surface area contributed by atoms with Gasteiger partial charge in [0, 0.05) is 31.7 Å². The zero-order valence-electron chi connectivity index (χ0n) is 12.9. The standard InChI is InChI=1S/C18H28N2/c1-14-8-9-17(12-15(14)2)20-11-10-19-13-18(20)16-6-4-3-5-7-16/h3-7,14-15,17-19H,8-13H2,1-2H3. The quantitative estimate of drug-likeness (QED) is 0.887. The number of hydrogen-bond acceptors (Lipinski definition) is 2. The number of rotatable bonds is 2. The average molecular weight is 272 g/mol. The van der Waals surface area contributed by atoms with Crippen molar-refractivity contribution in [1.82, 2.24) is 10.2 Å². The number of benzene rings is 1. The lowest BCUT2D eigenvalue weighted by Gasteiger charge is -2.45. The molecule has 1 saturated carbocycles. The van der Waals surface area contributed by atoms with E-state index in [0.717, 1.165) is 31.0 Å². The molecule has 2 nitrogen and oxygen atoms in total. The Morgan fingerprint density at radius 3 is 2.60 bits per heavy atom. The zero-order valence-corrected chi connectivity index (χ0v) is 12.9. The smallest absolute Gasteiger partial charge is 0.0476 e. The number of nitrogens with zero attached hydrogens (tertiary/aromatic N) is 1. The van der Waals surface area contributed by atoms with Gasteiger partial charge in [-0.1, -0.05) is 44.2 Å². The fraction of sp³-hybridized carbons (Fsp3) is 0.667. The van der Waals surface area contributed by atoms with Gasteiger partial charge in [-0.15, -0.1) is 0 Å². The second-order valence-corrected chi connectivity index (χ2v) is 6.79. The Bertz CT molecular complexity index is 417. The molecule has 2 aliphatic rings. The summed E-state index contributed by atoms with van der Waals surface area (Å²) in [6.07, 6.45) is 4.16. The van der Waals surface area contributed by atoms with E-state index in [-0.39, 0.29) is 0 Å². The lowest BCUT2D eigenvalue weighted by atomic mass is 9.78. The molecule has 1 aliphatic heterocycles. The van der Waals surface area contributed by atoms with Gasteiger partial charge in [0.25, 0.3) is 0 Å². The summed E-state index contributed by atoms with van der Waals surface area (Å²) < 4.78 is 0. The number of piperazine rings is 1. The molecule has 1 saturated heterocycles. The molecule has 0 radical (unpaired) electrons. The van der Waals surface area contributed by atoms with Crippen molar-refractivity contribution in [2.24, 2.45) is 11.8 Å². The van der Waals surface area contributed by atoms with Crippen molar-refractivity contribution in [3.8, 4) is 0 Å². The Morgan fingerprint density at radius 2 is 1.85 bits per heavy atom. The highest BCUT2D eigenvalue weighted by Gasteiger charge is 2.34. The number of hydrogen-bond donors (Lipinski definition) is 1. The Morgan fingerprint density at radius 1 is 1.05 bits per heavy atom. The zero-order chi connectivity index (χ0) is 13.9. The van der Waals surface area contributed by atoms with Crippen LogP contribution in [0.1, 0.15) is 44.7 Å². The van der Waals surface area contributed by atoms with Gasteiger partial charge in [-0.05, 0) is 36.7 Å². The van der Waals surface area contributed by atoms with Crippen molar-refractivity contribution in [2.75, 3.05) is 19.6 Å². The second kappa shape index (κ2) is 6.28. The van der Waals surface area contributed by atoms with E-state index in [1.807, 2.05) is 0 Å². The summed E-state index contributed by atoms with van der Waals surface area (Å²) >= 11 is 0. The average Bonchev–Trinajstić information content (AvgIpc) is 2.51. The molecule has 1 heterocycles. The normalized spacial score (nSPS) is 35.9. The van der Waals surface area contributed by atoms with Gasteiger partial charge in [-0.3, -0.25) is 4.90 Å². The Balaban J connectivity index is 1.76. The first kappa shape index (κ1) is 14.1. The minimum Gasteiger partial charge on any atom is -0.314 e. The van der Waals surface area contributed by atoms with Crippen LogP contribution in [0.4, 0.5) is 0 Å². The molecular formula is C18H28N2. The van der Waals surface area contributed by atoms with Gasteiger partial charge in [0.05, 0.1) is 0 Å². The van der Waals surface area contributed by atoms with E-state index in [1.165, 1.54) is 31.4 Å². The molecule has 4 atom stereocenters. The van der Waals surface area contributed by atoms with E-state index in [4.69, 9.17) is 0 Å². The van der Waals surface area contributed by atoms with Crippen LogP contribution in [-0.2, 0) is 0 Å². The summed E-state index contributed by atoms with van der Waals surface area (Å²) in [5.41, 5.74) is 1.48. The molecule has 0 bridgehead atoms. The Kier molecular flexibility index (Phi) is 4.42. The molecular weight excluding hydrogens is 244 g/mol. The topological polar surface area (TPSA) is 15.3 Å². The van der Waals surface area contributed by atoms with Crippen LogP contribution in [0.3, 0.4) is 0 Å². The van der Waals surface area contributed by atoms with Gasteiger partial charge in [-0.2, -0.15) is 0 Å². The highest BCUT2D eigenvalue weighted by Crippen LogP contribution is 2.36. The third-order valence-corrected chi connectivity index (χ3v) is 5.51. The maximum Gasteiger partial charge on any atom is 0.0476 e. The van der Waals surface area contributed by atoms with Gasteiger partial charge in [0.2, 0.25) is 0 Å². The van der Waals surface area contributed by atoms with Crippen LogP contribution < -0.4 is 5.32 Å². The molecule has 2 heteroatoms. The SMILES string of the molecule is CC1CCC(N2CCNCC2c2ccccc2)CC1C. The second-order valence-electron chi connectivity index (χ2n) is 6.79. The molecule has 4 unspecified atom stereocenters. The first-order valence-corrected chi connectivity index (χ1v) is 8.27. The Hall–Kier alpha value is -0.860. The first-order valence-electron chi connectivity index (χ1n) is 8.27. The van der Waals surface area contributed by atoms with E-state index in [2.05, 4.69) is 54.4 Å². The predicted octanol–water partition coefficient (Wildman–Crippen LogP) is 3.46. The molecule has 110 valence electrons. The van der Waals surface area contributed by atoms with E-state index < -0.39 is 0 Å². The van der Waals surface area contributed by atoms with Gasteiger partial charge in [-0.25, -0.2) is 0 Å². The van der Waals surface area contributed by atoms with E-state index in [9.17, 15) is 0 Å². The molecule has 0 spiro atoms. The highest BCUT2D eigenvalue weighted by molar-refractivity contribution is 5.20. The molecule has 3 rings (SSSR count). The van der Waals surface area contributed by atoms with Crippen molar-refractivity contribution in [1.29, 1.82) is 0 Å². The van der Waals surface area contributed by atoms with Crippen molar-refractivity contribution < 1.29 is 0 Å². The Labute approximate surface area is 123 Å². The minimum absolute atomic E-state index is 0.565. The third-order valence-electron chi connectivity index (χ3n) is 5.51. The molecule has 0 aromatic heterocycles. The molecule has 1 aromatic carbocycles. The highest BCUT2D eigenvalue weighted by atomic mass is 15.2. The fourth-order valence-corrected chi connectivity index (χ4v) is 3.96. The van der Waals surface area contributed by atoms with E-state index >= 15 is 0 Å². The van der Waals surface area contributed by atoms with E-state index in [0.29, 0.717) is 6.04 Å². The van der Waals surface area contributed by atoms with Crippen LogP contribution in [-0.4, -0.2) is 30.6 Å². The first-order chi connectivity index (χ1) is 9.75. The summed E-state index contributed by atoms with van der Waals surface area (Å²) in [7, 11) is 0. The van der Waals surface area contributed by atoms with E-state index in [1.54, 1.807) is 0 Å². The lowest BCUT2D eigenvalue weighted by molar-refractivity contribution is 0.0546. The van der Waals surface area contributed by atoms with Gasteiger partial charge in [0.1, 0.15) is 0 Å². The van der Waals surface area contributed by atoms with Crippen molar-refractivity contribution in [3.05, 3.63) is 35.9 Å². The molecule has 0 amide bonds. The molecule has 2 fully saturated rings. The third kappa shape index (κ3) is 2.91. The van der Waals surface area contributed by atoms with Crippen LogP contribution in [0, 0.1) is 11.8 Å². The monoisotopic (exact) mass is 272 g/mol. The maximum atomic E-state index is 3.58. The molecule has 20 heavy (non-hydrogen) atoms. The van der Waals surface area contributed by atoms with Crippen LogP contribution in [0.15, 0.2) is 30.3 Å². The largest absolute Gasteiger partial charge is 0.314 e. The maximum absolute atomic E-state index is 3.58. The fourth-order valence-electron chi connectivity index (χ4n) is 3.96. The van der Waals surface area contributed by atoms with Crippen LogP contribution in [0.5, 0.6) is 0 Å². The summed E-state index contributed by atoms with van der Waals surface area (Å²) in [6, 6.07) is 12.4. The van der Waals surface area contributed by atoms with Crippen LogP contribution in [0.2, 0.25) is 0 Å². The predicted molar refractivity (Wildman–Crippen MR) is 84.7 cm³/mol. The van der Waals surface area contributed by atoms with Crippen molar-refractivity contribution >= 4 is 0 Å². The summed E-state index contributed by atoms with van der Waals surface area (Å²) in [5.74, 6) is 1.78.